The van der Waals surface area contributed by atoms with Crippen molar-refractivity contribution in [3.05, 3.63) is 34.9 Å². The molecule has 3 rings (SSSR count). The largest absolute Gasteiger partial charge is 0.343 e. The summed E-state index contributed by atoms with van der Waals surface area (Å²) >= 11 is 6.06. The molecule has 2 aliphatic rings. The normalized spacial score (nSPS) is 18.5. The average molecular weight is 563 g/mol. The third kappa shape index (κ3) is 8.64. The predicted molar refractivity (Wildman–Crippen MR) is 155 cm³/mol. The van der Waals surface area contributed by atoms with Crippen LogP contribution >= 0.6 is 11.6 Å². The standard InChI is InChI=1S/C29H47ClN6O3/c1-21(2)20-36(25-11-13-33(14-12-25)22(3)37)35-17-15-34(16-18-35)27(38)26(32-28(39)29(4,5)31-6)19-23-7-9-24(30)10-8-23/h7-10,21,25-26,31H,11-20H2,1-6H3,(H,32,39)/t26-/m1/s1. The molecular weight excluding hydrogens is 516 g/mol. The van der Waals surface area contributed by atoms with Crippen LogP contribution < -0.4 is 10.6 Å². The average Bonchev–Trinajstić information content (AvgIpc) is 2.92. The number of hydrazine groups is 1. The zero-order valence-electron chi connectivity index (χ0n) is 24.5. The number of piperidine rings is 1. The zero-order chi connectivity index (χ0) is 28.7. The first-order chi connectivity index (χ1) is 18.4. The van der Waals surface area contributed by atoms with E-state index in [1.54, 1.807) is 40.0 Å². The lowest BCUT2D eigenvalue weighted by Crippen LogP contribution is -2.62. The molecule has 3 amide bonds. The number of rotatable bonds is 10. The second kappa shape index (κ2) is 13.9. The Morgan fingerprint density at radius 2 is 1.59 bits per heavy atom. The number of halogens is 1. The summed E-state index contributed by atoms with van der Waals surface area (Å²) in [7, 11) is 1.74. The smallest absolute Gasteiger partial charge is 0.245 e. The molecule has 2 N–H and O–H groups in total. The molecule has 1 aromatic carbocycles. The van der Waals surface area contributed by atoms with Gasteiger partial charge in [0.2, 0.25) is 17.7 Å². The molecule has 1 atom stereocenters. The summed E-state index contributed by atoms with van der Waals surface area (Å²) in [6, 6.07) is 7.14. The first-order valence-electron chi connectivity index (χ1n) is 14.2. The first-order valence-corrected chi connectivity index (χ1v) is 14.6. The first kappa shape index (κ1) is 31.3. The number of carbonyl (C=O) groups is 3. The van der Waals surface area contributed by atoms with Crippen molar-refractivity contribution >= 4 is 29.3 Å². The molecule has 0 spiro atoms. The van der Waals surface area contributed by atoms with Crippen molar-refractivity contribution in [2.24, 2.45) is 5.92 Å². The van der Waals surface area contributed by atoms with Gasteiger partial charge in [-0.2, -0.15) is 0 Å². The molecule has 39 heavy (non-hydrogen) atoms. The molecule has 2 aliphatic heterocycles. The van der Waals surface area contributed by atoms with Crippen LogP contribution in [0.15, 0.2) is 24.3 Å². The van der Waals surface area contributed by atoms with Crippen molar-refractivity contribution in [1.29, 1.82) is 0 Å². The van der Waals surface area contributed by atoms with Crippen molar-refractivity contribution < 1.29 is 14.4 Å². The van der Waals surface area contributed by atoms with Crippen LogP contribution in [0.3, 0.4) is 0 Å². The maximum atomic E-state index is 13.8. The third-order valence-corrected chi connectivity index (χ3v) is 8.22. The van der Waals surface area contributed by atoms with E-state index in [4.69, 9.17) is 11.6 Å². The van der Waals surface area contributed by atoms with Crippen LogP contribution in [-0.2, 0) is 20.8 Å². The molecule has 2 fully saturated rings. The van der Waals surface area contributed by atoms with E-state index >= 15 is 0 Å². The second-order valence-electron chi connectivity index (χ2n) is 11.8. The highest BCUT2D eigenvalue weighted by Crippen LogP contribution is 2.22. The summed E-state index contributed by atoms with van der Waals surface area (Å²) in [6.07, 6.45) is 2.32. The fourth-order valence-electron chi connectivity index (χ4n) is 5.25. The highest BCUT2D eigenvalue weighted by Gasteiger charge is 2.36. The molecule has 218 valence electrons. The van der Waals surface area contributed by atoms with Gasteiger partial charge in [-0.15, -0.1) is 0 Å². The van der Waals surface area contributed by atoms with Crippen molar-refractivity contribution in [2.45, 2.75) is 71.5 Å². The van der Waals surface area contributed by atoms with Crippen LogP contribution in [0.2, 0.25) is 5.02 Å². The predicted octanol–water partition coefficient (Wildman–Crippen LogP) is 2.39. The highest BCUT2D eigenvalue weighted by molar-refractivity contribution is 6.30. The highest BCUT2D eigenvalue weighted by atomic mass is 35.5. The lowest BCUT2D eigenvalue weighted by Gasteiger charge is -2.47. The summed E-state index contributed by atoms with van der Waals surface area (Å²) in [4.78, 5) is 42.4. The summed E-state index contributed by atoms with van der Waals surface area (Å²) in [5.74, 6) is 0.380. The molecule has 0 saturated carbocycles. The summed E-state index contributed by atoms with van der Waals surface area (Å²) in [5, 5.41) is 11.6. The second-order valence-corrected chi connectivity index (χ2v) is 12.2. The molecule has 0 aromatic heterocycles. The van der Waals surface area contributed by atoms with Gasteiger partial charge in [-0.25, -0.2) is 10.0 Å². The minimum absolute atomic E-state index is 0.0602. The van der Waals surface area contributed by atoms with E-state index in [0.29, 0.717) is 36.5 Å². The van der Waals surface area contributed by atoms with Gasteiger partial charge in [-0.1, -0.05) is 37.6 Å². The molecule has 0 bridgehead atoms. The van der Waals surface area contributed by atoms with E-state index in [9.17, 15) is 14.4 Å². The summed E-state index contributed by atoms with van der Waals surface area (Å²) in [5.41, 5.74) is 0.144. The summed E-state index contributed by atoms with van der Waals surface area (Å²) in [6.45, 7) is 14.9. The van der Waals surface area contributed by atoms with E-state index in [1.807, 2.05) is 21.9 Å². The minimum Gasteiger partial charge on any atom is -0.343 e. The zero-order valence-corrected chi connectivity index (χ0v) is 25.3. The van der Waals surface area contributed by atoms with Gasteiger partial charge in [0.25, 0.3) is 0 Å². The molecule has 0 radical (unpaired) electrons. The Balaban J connectivity index is 1.68. The van der Waals surface area contributed by atoms with Crippen molar-refractivity contribution in [1.82, 2.24) is 30.5 Å². The molecule has 2 saturated heterocycles. The maximum absolute atomic E-state index is 13.8. The number of carbonyl (C=O) groups excluding carboxylic acids is 3. The van der Waals surface area contributed by atoms with Crippen LogP contribution in [0.1, 0.15) is 53.0 Å². The van der Waals surface area contributed by atoms with Gasteiger partial charge >= 0.3 is 0 Å². The number of benzene rings is 1. The third-order valence-electron chi connectivity index (χ3n) is 7.96. The molecule has 9 nitrogen and oxygen atoms in total. The topological polar surface area (TPSA) is 88.2 Å². The number of nitrogens with one attached hydrogen (secondary N) is 2. The van der Waals surface area contributed by atoms with E-state index in [1.165, 1.54) is 0 Å². The molecular formula is C29H47ClN6O3. The molecule has 2 heterocycles. The Morgan fingerprint density at radius 3 is 2.10 bits per heavy atom. The molecule has 1 aromatic rings. The fraction of sp³-hybridized carbons (Fsp3) is 0.690. The van der Waals surface area contributed by atoms with Gasteiger partial charge in [0.15, 0.2) is 0 Å². The van der Waals surface area contributed by atoms with Gasteiger partial charge in [0.1, 0.15) is 6.04 Å². The number of amides is 3. The van der Waals surface area contributed by atoms with E-state index in [2.05, 4.69) is 34.5 Å². The van der Waals surface area contributed by atoms with Crippen molar-refractivity contribution in [2.75, 3.05) is 52.9 Å². The number of likely N-dealkylation sites (N-methyl/N-ethyl adjacent to an activating group) is 1. The van der Waals surface area contributed by atoms with Crippen molar-refractivity contribution in [3.8, 4) is 0 Å². The summed E-state index contributed by atoms with van der Waals surface area (Å²) < 4.78 is 0. The van der Waals surface area contributed by atoms with Crippen LogP contribution in [0, 0.1) is 5.92 Å². The van der Waals surface area contributed by atoms with Gasteiger partial charge in [0.05, 0.1) is 5.54 Å². The number of nitrogens with zero attached hydrogens (tertiary/aromatic N) is 4. The van der Waals surface area contributed by atoms with Gasteiger partial charge < -0.3 is 20.4 Å². The van der Waals surface area contributed by atoms with Gasteiger partial charge in [0, 0.05) is 70.2 Å². The molecule has 0 unspecified atom stereocenters. The maximum Gasteiger partial charge on any atom is 0.245 e. The Morgan fingerprint density at radius 1 is 1.00 bits per heavy atom. The van der Waals surface area contributed by atoms with Crippen LogP contribution in [-0.4, -0.2) is 108 Å². The van der Waals surface area contributed by atoms with E-state index in [0.717, 1.165) is 51.1 Å². The lowest BCUT2D eigenvalue weighted by atomic mass is 10.0. The number of likely N-dealkylation sites (tertiary alicyclic amines) is 1. The van der Waals surface area contributed by atoms with E-state index in [-0.39, 0.29) is 17.7 Å². The Hall–Kier alpha value is -2.20. The van der Waals surface area contributed by atoms with Gasteiger partial charge in [-0.3, -0.25) is 14.4 Å². The van der Waals surface area contributed by atoms with Crippen molar-refractivity contribution in [3.63, 3.8) is 0 Å². The quantitative estimate of drug-likeness (QED) is 0.455. The fourth-order valence-corrected chi connectivity index (χ4v) is 5.38. The van der Waals surface area contributed by atoms with E-state index < -0.39 is 11.6 Å². The lowest BCUT2D eigenvalue weighted by molar-refractivity contribution is -0.146. The minimum atomic E-state index is -0.799. The van der Waals surface area contributed by atoms with Crippen LogP contribution in [0.25, 0.3) is 0 Å². The van der Waals surface area contributed by atoms with Gasteiger partial charge in [-0.05, 0) is 57.4 Å². The van der Waals surface area contributed by atoms with Crippen LogP contribution in [0.5, 0.6) is 0 Å². The number of hydrogen-bond acceptors (Lipinski definition) is 6. The Labute approximate surface area is 239 Å². The van der Waals surface area contributed by atoms with Crippen LogP contribution in [0.4, 0.5) is 0 Å². The molecule has 0 aliphatic carbocycles. The Bertz CT molecular complexity index is 970. The molecule has 10 heteroatoms. The Kier molecular flexibility index (Phi) is 11.2. The number of hydrogen-bond donors (Lipinski definition) is 2. The number of piperazine rings is 1. The monoisotopic (exact) mass is 562 g/mol. The SMILES string of the molecule is CNC(C)(C)C(=O)N[C@H](Cc1ccc(Cl)cc1)C(=O)N1CCN(N(CC(C)C)C2CCN(C(C)=O)CC2)CC1.